The van der Waals surface area contributed by atoms with Gasteiger partial charge in [-0.1, -0.05) is 6.07 Å². The predicted molar refractivity (Wildman–Crippen MR) is 76.5 cm³/mol. The van der Waals surface area contributed by atoms with Gasteiger partial charge in [0.2, 0.25) is 0 Å². The summed E-state index contributed by atoms with van der Waals surface area (Å²) in [5.41, 5.74) is 1.70. The summed E-state index contributed by atoms with van der Waals surface area (Å²) in [7, 11) is 0. The fourth-order valence-electron chi connectivity index (χ4n) is 2.17. The molecule has 1 fully saturated rings. The molecule has 2 N–H and O–H groups in total. The topological polar surface area (TPSA) is 50.4 Å². The molecule has 19 heavy (non-hydrogen) atoms. The summed E-state index contributed by atoms with van der Waals surface area (Å²) in [5.74, 6) is -0.0226. The van der Waals surface area contributed by atoms with E-state index >= 15 is 0 Å². The van der Waals surface area contributed by atoms with Gasteiger partial charge >= 0.3 is 0 Å². The third kappa shape index (κ3) is 4.24. The molecule has 104 valence electrons. The summed E-state index contributed by atoms with van der Waals surface area (Å²) in [4.78, 5) is 11.9. The molecule has 2 rings (SSSR count). The second kappa shape index (κ2) is 6.57. The third-order valence-corrected chi connectivity index (χ3v) is 3.14. The van der Waals surface area contributed by atoms with Gasteiger partial charge in [-0.05, 0) is 44.9 Å². The van der Waals surface area contributed by atoms with E-state index in [1.807, 2.05) is 38.1 Å². The molecule has 0 spiro atoms. The average Bonchev–Trinajstić information content (AvgIpc) is 2.39. The lowest BCUT2D eigenvalue weighted by molar-refractivity contribution is 0.0903. The summed E-state index contributed by atoms with van der Waals surface area (Å²) in [6.07, 6.45) is 2.03. The van der Waals surface area contributed by atoms with Crippen LogP contribution in [0.25, 0.3) is 0 Å². The van der Waals surface area contributed by atoms with E-state index in [0.717, 1.165) is 31.7 Å². The van der Waals surface area contributed by atoms with Crippen LogP contribution in [0.4, 0.5) is 5.69 Å². The lowest BCUT2D eigenvalue weighted by Crippen LogP contribution is -2.30. The van der Waals surface area contributed by atoms with Gasteiger partial charge in [-0.25, -0.2) is 0 Å². The molecule has 1 aliphatic heterocycles. The van der Waals surface area contributed by atoms with Crippen molar-refractivity contribution in [2.24, 2.45) is 0 Å². The maximum absolute atomic E-state index is 11.9. The molecule has 1 saturated heterocycles. The fourth-order valence-corrected chi connectivity index (χ4v) is 2.17. The lowest BCUT2D eigenvalue weighted by atomic mass is 10.1. The van der Waals surface area contributed by atoms with Gasteiger partial charge in [0.25, 0.3) is 5.91 Å². The van der Waals surface area contributed by atoms with Gasteiger partial charge in [0.1, 0.15) is 0 Å². The Bertz CT molecular complexity index is 426. The number of rotatable bonds is 4. The Morgan fingerprint density at radius 2 is 2.05 bits per heavy atom. The molecule has 0 radical (unpaired) electrons. The highest BCUT2D eigenvalue weighted by Crippen LogP contribution is 2.16. The number of hydrogen-bond donors (Lipinski definition) is 2. The monoisotopic (exact) mass is 262 g/mol. The zero-order valence-corrected chi connectivity index (χ0v) is 11.6. The van der Waals surface area contributed by atoms with Gasteiger partial charge in [-0.15, -0.1) is 0 Å². The van der Waals surface area contributed by atoms with Crippen molar-refractivity contribution in [3.05, 3.63) is 29.8 Å². The van der Waals surface area contributed by atoms with Crippen LogP contribution in [0.1, 0.15) is 37.0 Å². The van der Waals surface area contributed by atoms with E-state index in [9.17, 15) is 4.79 Å². The highest BCUT2D eigenvalue weighted by Gasteiger charge is 2.14. The van der Waals surface area contributed by atoms with Crippen LogP contribution in [0, 0.1) is 0 Å². The highest BCUT2D eigenvalue weighted by molar-refractivity contribution is 5.95. The molecule has 1 amide bonds. The van der Waals surface area contributed by atoms with Crippen LogP contribution in [-0.4, -0.2) is 31.2 Å². The van der Waals surface area contributed by atoms with E-state index in [2.05, 4.69) is 10.6 Å². The van der Waals surface area contributed by atoms with E-state index in [-0.39, 0.29) is 11.9 Å². The van der Waals surface area contributed by atoms with Crippen LogP contribution in [0.5, 0.6) is 0 Å². The van der Waals surface area contributed by atoms with Gasteiger partial charge in [0.15, 0.2) is 0 Å². The van der Waals surface area contributed by atoms with Crippen molar-refractivity contribution >= 4 is 11.6 Å². The molecule has 0 atom stereocenters. The summed E-state index contributed by atoms with van der Waals surface area (Å²) in [6.45, 7) is 5.54. The molecular weight excluding hydrogens is 240 g/mol. The second-order valence-electron chi connectivity index (χ2n) is 5.24. The minimum atomic E-state index is -0.0226. The first kappa shape index (κ1) is 13.9. The van der Waals surface area contributed by atoms with Crippen LogP contribution in [0.3, 0.4) is 0 Å². The van der Waals surface area contributed by atoms with Crippen molar-refractivity contribution in [2.75, 3.05) is 18.5 Å². The Balaban J connectivity index is 1.99. The first-order valence-corrected chi connectivity index (χ1v) is 6.90. The third-order valence-electron chi connectivity index (χ3n) is 3.14. The molecule has 0 aliphatic carbocycles. The largest absolute Gasteiger partial charge is 0.382 e. The van der Waals surface area contributed by atoms with Crippen LogP contribution in [-0.2, 0) is 4.74 Å². The van der Waals surface area contributed by atoms with E-state index in [1.54, 1.807) is 0 Å². The predicted octanol–water partition coefficient (Wildman–Crippen LogP) is 2.42. The van der Waals surface area contributed by atoms with Crippen molar-refractivity contribution in [3.8, 4) is 0 Å². The van der Waals surface area contributed by atoms with Crippen LogP contribution < -0.4 is 10.6 Å². The Morgan fingerprint density at radius 1 is 1.32 bits per heavy atom. The quantitative estimate of drug-likeness (QED) is 0.876. The van der Waals surface area contributed by atoms with Crippen LogP contribution in [0.15, 0.2) is 24.3 Å². The Morgan fingerprint density at radius 3 is 2.74 bits per heavy atom. The lowest BCUT2D eigenvalue weighted by Gasteiger charge is -2.24. The Hall–Kier alpha value is -1.55. The standard InChI is InChI=1S/C15H22N2O2/c1-11(2)16-15(18)12-4-3-5-14(10-12)17-13-6-8-19-9-7-13/h3-5,10-11,13,17H,6-9H2,1-2H3,(H,16,18). The van der Waals surface area contributed by atoms with Gasteiger partial charge in [0, 0.05) is 36.5 Å². The zero-order valence-electron chi connectivity index (χ0n) is 11.6. The second-order valence-corrected chi connectivity index (χ2v) is 5.24. The normalized spacial score (nSPS) is 16.4. The Labute approximate surface area is 114 Å². The minimum Gasteiger partial charge on any atom is -0.382 e. The first-order chi connectivity index (χ1) is 9.15. The van der Waals surface area contributed by atoms with Crippen LogP contribution >= 0.6 is 0 Å². The maximum Gasteiger partial charge on any atom is 0.251 e. The zero-order chi connectivity index (χ0) is 13.7. The van der Waals surface area contributed by atoms with Gasteiger partial charge in [-0.2, -0.15) is 0 Å². The summed E-state index contributed by atoms with van der Waals surface area (Å²) < 4.78 is 5.34. The molecule has 0 aromatic heterocycles. The summed E-state index contributed by atoms with van der Waals surface area (Å²) in [5, 5.41) is 6.37. The molecule has 1 aromatic carbocycles. The van der Waals surface area contributed by atoms with Gasteiger partial charge in [0.05, 0.1) is 0 Å². The molecule has 4 heteroatoms. The number of benzene rings is 1. The smallest absolute Gasteiger partial charge is 0.251 e. The van der Waals surface area contributed by atoms with Crippen molar-refractivity contribution in [3.63, 3.8) is 0 Å². The average molecular weight is 262 g/mol. The Kier molecular flexibility index (Phi) is 4.80. The number of anilines is 1. The van der Waals surface area contributed by atoms with Gasteiger partial charge in [-0.3, -0.25) is 4.79 Å². The number of amides is 1. The highest BCUT2D eigenvalue weighted by atomic mass is 16.5. The number of carbonyl (C=O) groups is 1. The first-order valence-electron chi connectivity index (χ1n) is 6.90. The van der Waals surface area contributed by atoms with Crippen molar-refractivity contribution in [1.29, 1.82) is 0 Å². The minimum absolute atomic E-state index is 0.0226. The number of carbonyl (C=O) groups excluding carboxylic acids is 1. The molecule has 0 saturated carbocycles. The summed E-state index contributed by atoms with van der Waals surface area (Å²) >= 11 is 0. The number of ether oxygens (including phenoxy) is 1. The van der Waals surface area contributed by atoms with E-state index in [1.165, 1.54) is 0 Å². The van der Waals surface area contributed by atoms with Crippen molar-refractivity contribution in [1.82, 2.24) is 5.32 Å². The molecule has 1 heterocycles. The molecule has 0 bridgehead atoms. The summed E-state index contributed by atoms with van der Waals surface area (Å²) in [6, 6.07) is 8.26. The SMILES string of the molecule is CC(C)NC(=O)c1cccc(NC2CCOCC2)c1. The number of nitrogens with one attached hydrogen (secondary N) is 2. The van der Waals surface area contributed by atoms with E-state index in [4.69, 9.17) is 4.74 Å². The molecule has 4 nitrogen and oxygen atoms in total. The maximum atomic E-state index is 11.9. The molecule has 1 aliphatic rings. The number of hydrogen-bond acceptors (Lipinski definition) is 3. The molecular formula is C15H22N2O2. The fraction of sp³-hybridized carbons (Fsp3) is 0.533. The molecule has 1 aromatic rings. The van der Waals surface area contributed by atoms with E-state index < -0.39 is 0 Å². The molecule has 0 unspecified atom stereocenters. The van der Waals surface area contributed by atoms with Crippen LogP contribution in [0.2, 0.25) is 0 Å². The van der Waals surface area contributed by atoms with E-state index in [0.29, 0.717) is 11.6 Å². The van der Waals surface area contributed by atoms with Gasteiger partial charge < -0.3 is 15.4 Å². The van der Waals surface area contributed by atoms with Crippen molar-refractivity contribution < 1.29 is 9.53 Å². The van der Waals surface area contributed by atoms with Crippen molar-refractivity contribution in [2.45, 2.75) is 38.8 Å².